The molecule has 3 aromatic carbocycles. The second-order valence-electron chi connectivity index (χ2n) is 9.19. The Hall–Kier alpha value is -3.48. The van der Waals surface area contributed by atoms with E-state index in [0.717, 1.165) is 35.8 Å². The highest BCUT2D eigenvalue weighted by molar-refractivity contribution is 6.35. The van der Waals surface area contributed by atoms with Crippen LogP contribution < -0.4 is 4.90 Å². The van der Waals surface area contributed by atoms with Crippen molar-refractivity contribution in [3.8, 4) is 0 Å². The molecule has 6 nitrogen and oxygen atoms in total. The van der Waals surface area contributed by atoms with Crippen LogP contribution in [0.1, 0.15) is 47.8 Å². The number of nitrogens with zero attached hydrogens (tertiary/aromatic N) is 3. The number of piperazine rings is 1. The van der Waals surface area contributed by atoms with E-state index in [2.05, 4.69) is 4.90 Å². The van der Waals surface area contributed by atoms with E-state index in [1.165, 1.54) is 10.5 Å². The summed E-state index contributed by atoms with van der Waals surface area (Å²) in [5, 5.41) is 0.718. The molecule has 0 atom stereocenters. The Labute approximate surface area is 209 Å². The summed E-state index contributed by atoms with van der Waals surface area (Å²) in [5.74, 6) is -0.862. The van der Waals surface area contributed by atoms with Crippen LogP contribution in [0.5, 0.6) is 0 Å². The summed E-state index contributed by atoms with van der Waals surface area (Å²) in [4.78, 5) is 44.8. The van der Waals surface area contributed by atoms with Gasteiger partial charge in [0, 0.05) is 43.3 Å². The number of rotatable bonds is 4. The fraction of sp³-hybridized carbons (Fsp3) is 0.250. The van der Waals surface area contributed by atoms with Crippen LogP contribution in [0, 0.1) is 13.8 Å². The van der Waals surface area contributed by atoms with Gasteiger partial charge in [-0.3, -0.25) is 19.3 Å². The molecule has 0 spiro atoms. The minimum absolute atomic E-state index is 0.121. The molecular formula is C28H26ClN3O3. The van der Waals surface area contributed by atoms with Gasteiger partial charge in [0.15, 0.2) is 0 Å². The Morgan fingerprint density at radius 2 is 1.51 bits per heavy atom. The second kappa shape index (κ2) is 9.29. The molecule has 1 saturated heterocycles. The van der Waals surface area contributed by atoms with Crippen LogP contribution in [0.3, 0.4) is 0 Å². The van der Waals surface area contributed by atoms with E-state index in [0.29, 0.717) is 29.9 Å². The molecule has 0 saturated carbocycles. The molecule has 0 aliphatic carbocycles. The molecule has 0 N–H and O–H groups in total. The lowest BCUT2D eigenvalue weighted by Gasteiger charge is -2.34. The Morgan fingerprint density at radius 3 is 2.23 bits per heavy atom. The number of carbonyl (C=O) groups is 3. The number of benzene rings is 3. The van der Waals surface area contributed by atoms with E-state index >= 15 is 0 Å². The Morgan fingerprint density at radius 1 is 0.829 bits per heavy atom. The third-order valence-electron chi connectivity index (χ3n) is 6.72. The first-order valence-electron chi connectivity index (χ1n) is 11.7. The first kappa shape index (κ1) is 23.3. The molecule has 2 heterocycles. The minimum atomic E-state index is -0.388. The molecule has 5 rings (SSSR count). The van der Waals surface area contributed by atoms with Gasteiger partial charge in [-0.25, -0.2) is 4.90 Å². The average Bonchev–Trinajstić information content (AvgIpc) is 3.11. The predicted octanol–water partition coefficient (Wildman–Crippen LogP) is 4.72. The highest BCUT2D eigenvalue weighted by Gasteiger charge is 2.38. The normalized spacial score (nSPS) is 16.1. The van der Waals surface area contributed by atoms with Gasteiger partial charge in [-0.15, -0.1) is 0 Å². The summed E-state index contributed by atoms with van der Waals surface area (Å²) in [5.41, 5.74) is 4.62. The molecule has 7 heteroatoms. The molecule has 3 amide bonds. The predicted molar refractivity (Wildman–Crippen MR) is 136 cm³/mol. The Balaban J connectivity index is 1.29. The van der Waals surface area contributed by atoms with Crippen molar-refractivity contribution in [2.75, 3.05) is 31.1 Å². The summed E-state index contributed by atoms with van der Waals surface area (Å²) in [6.45, 7) is 7.33. The number of hydrogen-bond acceptors (Lipinski definition) is 4. The molecule has 3 aromatic rings. The number of imide groups is 1. The number of amides is 3. The van der Waals surface area contributed by atoms with Gasteiger partial charge < -0.3 is 4.90 Å². The maximum atomic E-state index is 13.2. The number of aryl methyl sites for hydroxylation is 2. The molecule has 0 unspecified atom stereocenters. The van der Waals surface area contributed by atoms with Crippen molar-refractivity contribution in [2.45, 2.75) is 20.4 Å². The van der Waals surface area contributed by atoms with E-state index in [4.69, 9.17) is 11.6 Å². The van der Waals surface area contributed by atoms with Gasteiger partial charge in [0.05, 0.1) is 16.8 Å². The van der Waals surface area contributed by atoms with E-state index in [9.17, 15) is 14.4 Å². The van der Waals surface area contributed by atoms with Crippen LogP contribution in [0.2, 0.25) is 5.02 Å². The van der Waals surface area contributed by atoms with Crippen molar-refractivity contribution in [3.05, 3.63) is 99.1 Å². The number of anilines is 1. The van der Waals surface area contributed by atoms with Crippen LogP contribution in [0.25, 0.3) is 0 Å². The van der Waals surface area contributed by atoms with Crippen LogP contribution in [-0.4, -0.2) is 53.7 Å². The third-order valence-corrected chi connectivity index (χ3v) is 6.97. The fourth-order valence-electron chi connectivity index (χ4n) is 4.69. The maximum Gasteiger partial charge on any atom is 0.266 e. The first-order chi connectivity index (χ1) is 16.8. The lowest BCUT2D eigenvalue weighted by Crippen LogP contribution is -2.48. The zero-order valence-electron chi connectivity index (χ0n) is 19.8. The van der Waals surface area contributed by atoms with Gasteiger partial charge in [-0.2, -0.15) is 0 Å². The van der Waals surface area contributed by atoms with E-state index in [1.807, 2.05) is 61.2 Å². The smallest absolute Gasteiger partial charge is 0.266 e. The Bertz CT molecular complexity index is 1330. The topological polar surface area (TPSA) is 60.9 Å². The largest absolute Gasteiger partial charge is 0.336 e. The van der Waals surface area contributed by atoms with Gasteiger partial charge in [0.2, 0.25) is 0 Å². The summed E-state index contributed by atoms with van der Waals surface area (Å²) < 4.78 is 0. The van der Waals surface area contributed by atoms with Gasteiger partial charge >= 0.3 is 0 Å². The number of fused-ring (bicyclic) bond motifs is 1. The zero-order valence-corrected chi connectivity index (χ0v) is 20.5. The maximum absolute atomic E-state index is 13.2. The van der Waals surface area contributed by atoms with Crippen LogP contribution >= 0.6 is 11.6 Å². The number of hydrogen-bond donors (Lipinski definition) is 0. The Kier molecular flexibility index (Phi) is 6.17. The molecule has 0 bridgehead atoms. The number of carbonyl (C=O) groups excluding carboxylic acids is 3. The van der Waals surface area contributed by atoms with Gasteiger partial charge in [0.1, 0.15) is 0 Å². The standard InChI is InChI=1S/C28H26ClN3O3/c1-18-3-4-19(2)25(15-18)32-27(34)23-10-7-21(16-24(23)28(32)35)26(33)31-13-11-30(12-14-31)17-20-5-8-22(29)9-6-20/h3-10,15-16H,11-14,17H2,1-2H3. The first-order valence-corrected chi connectivity index (χ1v) is 12.1. The number of halogens is 1. The molecular weight excluding hydrogens is 462 g/mol. The highest BCUT2D eigenvalue weighted by atomic mass is 35.5. The average molecular weight is 488 g/mol. The van der Waals surface area contributed by atoms with E-state index < -0.39 is 0 Å². The fourth-order valence-corrected chi connectivity index (χ4v) is 4.82. The van der Waals surface area contributed by atoms with Crippen molar-refractivity contribution >= 4 is 35.0 Å². The van der Waals surface area contributed by atoms with Crippen LogP contribution in [0.4, 0.5) is 5.69 Å². The molecule has 1 fully saturated rings. The van der Waals surface area contributed by atoms with E-state index in [-0.39, 0.29) is 23.3 Å². The van der Waals surface area contributed by atoms with E-state index in [1.54, 1.807) is 18.2 Å². The van der Waals surface area contributed by atoms with Crippen molar-refractivity contribution in [2.24, 2.45) is 0 Å². The van der Waals surface area contributed by atoms with Crippen LogP contribution in [-0.2, 0) is 6.54 Å². The van der Waals surface area contributed by atoms with Crippen molar-refractivity contribution in [1.29, 1.82) is 0 Å². The second-order valence-corrected chi connectivity index (χ2v) is 9.63. The monoisotopic (exact) mass is 487 g/mol. The van der Waals surface area contributed by atoms with Gasteiger partial charge in [0.25, 0.3) is 17.7 Å². The lowest BCUT2D eigenvalue weighted by molar-refractivity contribution is 0.0628. The summed E-state index contributed by atoms with van der Waals surface area (Å²) in [6, 6.07) is 18.3. The molecule has 0 radical (unpaired) electrons. The SMILES string of the molecule is Cc1ccc(C)c(N2C(=O)c3ccc(C(=O)N4CCN(Cc5ccc(Cl)cc5)CC4)cc3C2=O)c1. The molecule has 0 aromatic heterocycles. The van der Waals surface area contributed by atoms with Crippen LogP contribution in [0.15, 0.2) is 60.7 Å². The molecule has 2 aliphatic rings. The summed E-state index contributed by atoms with van der Waals surface area (Å²) >= 11 is 5.97. The molecule has 178 valence electrons. The van der Waals surface area contributed by atoms with Gasteiger partial charge in [-0.05, 0) is 66.9 Å². The highest BCUT2D eigenvalue weighted by Crippen LogP contribution is 2.32. The lowest BCUT2D eigenvalue weighted by atomic mass is 10.0. The van der Waals surface area contributed by atoms with Crippen molar-refractivity contribution in [1.82, 2.24) is 9.80 Å². The van der Waals surface area contributed by atoms with Crippen molar-refractivity contribution < 1.29 is 14.4 Å². The van der Waals surface area contributed by atoms with Gasteiger partial charge in [-0.1, -0.05) is 35.9 Å². The third kappa shape index (κ3) is 4.47. The molecule has 2 aliphatic heterocycles. The van der Waals surface area contributed by atoms with Crippen molar-refractivity contribution in [3.63, 3.8) is 0 Å². The molecule has 35 heavy (non-hydrogen) atoms. The summed E-state index contributed by atoms with van der Waals surface area (Å²) in [7, 11) is 0. The minimum Gasteiger partial charge on any atom is -0.336 e. The summed E-state index contributed by atoms with van der Waals surface area (Å²) in [6.07, 6.45) is 0. The quantitative estimate of drug-likeness (QED) is 0.500. The zero-order chi connectivity index (χ0) is 24.7.